The van der Waals surface area contributed by atoms with Gasteiger partial charge in [-0.2, -0.15) is 0 Å². The first-order chi connectivity index (χ1) is 9.63. The zero-order valence-corrected chi connectivity index (χ0v) is 12.2. The van der Waals surface area contributed by atoms with Crippen molar-refractivity contribution in [2.75, 3.05) is 26.7 Å². The molecule has 6 nitrogen and oxygen atoms in total. The van der Waals surface area contributed by atoms with Gasteiger partial charge in [-0.15, -0.1) is 0 Å². The summed E-state index contributed by atoms with van der Waals surface area (Å²) in [5, 5.41) is 2.93. The van der Waals surface area contributed by atoms with Crippen molar-refractivity contribution in [3.63, 3.8) is 0 Å². The fourth-order valence-electron chi connectivity index (χ4n) is 1.54. The van der Waals surface area contributed by atoms with Crippen molar-refractivity contribution in [2.45, 2.75) is 19.8 Å². The quantitative estimate of drug-likeness (QED) is 0.558. The van der Waals surface area contributed by atoms with Crippen molar-refractivity contribution in [3.8, 4) is 0 Å². The number of amides is 1. The minimum Gasteiger partial charge on any atom is -0.370 e. The zero-order valence-electron chi connectivity index (χ0n) is 12.2. The molecule has 0 aliphatic rings. The van der Waals surface area contributed by atoms with Crippen LogP contribution in [0.3, 0.4) is 0 Å². The summed E-state index contributed by atoms with van der Waals surface area (Å²) in [4.78, 5) is 21.7. The van der Waals surface area contributed by atoms with Gasteiger partial charge in [-0.05, 0) is 18.6 Å². The van der Waals surface area contributed by atoms with E-state index in [-0.39, 0.29) is 12.5 Å². The fraction of sp³-hybridized carbons (Fsp3) is 0.500. The fourth-order valence-corrected chi connectivity index (χ4v) is 1.54. The number of nitrogens with two attached hydrogens (primary N) is 1. The Morgan fingerprint density at radius 2 is 2.30 bits per heavy atom. The third kappa shape index (κ3) is 6.17. The molecule has 20 heavy (non-hydrogen) atoms. The van der Waals surface area contributed by atoms with E-state index in [1.165, 1.54) is 0 Å². The maximum atomic E-state index is 11.9. The first kappa shape index (κ1) is 15.9. The minimum atomic E-state index is -0.0535. The van der Waals surface area contributed by atoms with Gasteiger partial charge in [-0.3, -0.25) is 9.78 Å². The molecule has 0 fully saturated rings. The van der Waals surface area contributed by atoms with Crippen LogP contribution in [-0.2, 0) is 11.2 Å². The second-order valence-electron chi connectivity index (χ2n) is 4.51. The number of aliphatic imine (C=N–C) groups is 1. The molecule has 1 amide bonds. The number of carbonyl (C=O) groups excluding carboxylic acids is 1. The second kappa shape index (κ2) is 8.90. The average molecular weight is 277 g/mol. The number of hydrogen-bond donors (Lipinski definition) is 2. The number of nitrogens with zero attached hydrogens (tertiary/aromatic N) is 3. The van der Waals surface area contributed by atoms with Crippen molar-refractivity contribution < 1.29 is 4.79 Å². The van der Waals surface area contributed by atoms with Crippen LogP contribution in [0.2, 0.25) is 0 Å². The van der Waals surface area contributed by atoms with Crippen LogP contribution in [0, 0.1) is 0 Å². The molecule has 0 aromatic carbocycles. The molecule has 3 N–H and O–H groups in total. The van der Waals surface area contributed by atoms with Gasteiger partial charge < -0.3 is 16.0 Å². The summed E-state index contributed by atoms with van der Waals surface area (Å²) < 4.78 is 0. The molecule has 0 saturated carbocycles. The molecule has 0 unspecified atom stereocenters. The van der Waals surface area contributed by atoms with Gasteiger partial charge >= 0.3 is 0 Å². The maximum Gasteiger partial charge on any atom is 0.244 e. The highest BCUT2D eigenvalue weighted by Gasteiger charge is 2.08. The van der Waals surface area contributed by atoms with Gasteiger partial charge in [-0.25, -0.2) is 4.99 Å². The van der Waals surface area contributed by atoms with Gasteiger partial charge in [0.2, 0.25) is 5.91 Å². The number of rotatable bonds is 7. The lowest BCUT2D eigenvalue weighted by Crippen LogP contribution is -2.35. The second-order valence-corrected chi connectivity index (χ2v) is 4.51. The first-order valence-electron chi connectivity index (χ1n) is 6.81. The van der Waals surface area contributed by atoms with Gasteiger partial charge in [0.1, 0.15) is 6.54 Å². The normalized spacial score (nSPS) is 11.2. The Bertz CT molecular complexity index is 432. The van der Waals surface area contributed by atoms with Crippen LogP contribution in [0.25, 0.3) is 0 Å². The summed E-state index contributed by atoms with van der Waals surface area (Å²) in [7, 11) is 1.76. The summed E-state index contributed by atoms with van der Waals surface area (Å²) in [5.41, 5.74) is 6.60. The summed E-state index contributed by atoms with van der Waals surface area (Å²) in [5.74, 6) is 0.264. The molecule has 0 atom stereocenters. The molecule has 0 aliphatic carbocycles. The van der Waals surface area contributed by atoms with E-state index in [0.29, 0.717) is 12.5 Å². The van der Waals surface area contributed by atoms with Crippen molar-refractivity contribution in [1.82, 2.24) is 15.2 Å². The molecule has 0 spiro atoms. The first-order valence-corrected chi connectivity index (χ1v) is 6.81. The van der Waals surface area contributed by atoms with Crippen LogP contribution >= 0.6 is 0 Å². The van der Waals surface area contributed by atoms with Gasteiger partial charge in [0.15, 0.2) is 5.96 Å². The van der Waals surface area contributed by atoms with E-state index in [4.69, 9.17) is 5.73 Å². The zero-order chi connectivity index (χ0) is 14.8. The summed E-state index contributed by atoms with van der Waals surface area (Å²) in [6.45, 7) is 3.49. The SMILES string of the molecule is CCCNC(N)=NCC(=O)N(C)CCc1ccccn1. The van der Waals surface area contributed by atoms with Gasteiger partial charge in [0.05, 0.1) is 0 Å². The van der Waals surface area contributed by atoms with Crippen LogP contribution in [0.1, 0.15) is 19.0 Å². The molecular weight excluding hydrogens is 254 g/mol. The third-order valence-electron chi connectivity index (χ3n) is 2.80. The molecule has 0 saturated heterocycles. The predicted molar refractivity (Wildman–Crippen MR) is 80.4 cm³/mol. The predicted octanol–water partition coefficient (Wildman–Crippen LogP) is 0.397. The van der Waals surface area contributed by atoms with E-state index in [9.17, 15) is 4.79 Å². The van der Waals surface area contributed by atoms with E-state index >= 15 is 0 Å². The lowest BCUT2D eigenvalue weighted by molar-refractivity contribution is -0.128. The molecule has 1 rings (SSSR count). The molecule has 110 valence electrons. The topological polar surface area (TPSA) is 83.6 Å². The molecule has 1 aromatic rings. The molecule has 6 heteroatoms. The lowest BCUT2D eigenvalue weighted by Gasteiger charge is -2.15. The van der Waals surface area contributed by atoms with Crippen LogP contribution < -0.4 is 11.1 Å². The number of aromatic nitrogens is 1. The highest BCUT2D eigenvalue weighted by molar-refractivity contribution is 5.83. The largest absolute Gasteiger partial charge is 0.370 e. The Kier molecular flexibility index (Phi) is 7.10. The van der Waals surface area contributed by atoms with Crippen molar-refractivity contribution >= 4 is 11.9 Å². The van der Waals surface area contributed by atoms with Crippen molar-refractivity contribution in [2.24, 2.45) is 10.7 Å². The van der Waals surface area contributed by atoms with Crippen molar-refractivity contribution in [1.29, 1.82) is 0 Å². The monoisotopic (exact) mass is 277 g/mol. The highest BCUT2D eigenvalue weighted by atomic mass is 16.2. The summed E-state index contributed by atoms with van der Waals surface area (Å²) >= 11 is 0. The number of likely N-dealkylation sites (N-methyl/N-ethyl adjacent to an activating group) is 1. The summed E-state index contributed by atoms with van der Waals surface area (Å²) in [6.07, 6.45) is 3.45. The smallest absolute Gasteiger partial charge is 0.244 e. The standard InChI is InChI=1S/C14H23N5O/c1-3-8-17-14(15)18-11-13(20)19(2)10-7-12-6-4-5-9-16-12/h4-6,9H,3,7-8,10-11H2,1-2H3,(H3,15,17,18). The van der Waals surface area contributed by atoms with E-state index in [1.807, 2.05) is 25.1 Å². The van der Waals surface area contributed by atoms with Gasteiger partial charge in [0.25, 0.3) is 0 Å². The Hall–Kier alpha value is -2.11. The molecule has 1 heterocycles. The molecule has 0 bridgehead atoms. The number of nitrogens with one attached hydrogen (secondary N) is 1. The third-order valence-corrected chi connectivity index (χ3v) is 2.80. The Labute approximate surface area is 120 Å². The van der Waals surface area contributed by atoms with Crippen LogP contribution in [0.15, 0.2) is 29.4 Å². The minimum absolute atomic E-state index is 0.0535. The van der Waals surface area contributed by atoms with E-state index in [1.54, 1.807) is 18.1 Å². The number of carbonyl (C=O) groups is 1. The maximum absolute atomic E-state index is 11.9. The van der Waals surface area contributed by atoms with Crippen molar-refractivity contribution in [3.05, 3.63) is 30.1 Å². The molecule has 1 aromatic heterocycles. The number of pyridine rings is 1. The Morgan fingerprint density at radius 1 is 1.50 bits per heavy atom. The molecule has 0 radical (unpaired) electrons. The van der Waals surface area contributed by atoms with Crippen LogP contribution in [-0.4, -0.2) is 48.4 Å². The molecule has 0 aliphatic heterocycles. The van der Waals surface area contributed by atoms with E-state index < -0.39 is 0 Å². The van der Waals surface area contributed by atoms with E-state index in [2.05, 4.69) is 15.3 Å². The molecular formula is C14H23N5O. The average Bonchev–Trinajstić information content (AvgIpc) is 2.49. The van der Waals surface area contributed by atoms with Gasteiger partial charge in [0, 0.05) is 38.4 Å². The number of hydrogen-bond acceptors (Lipinski definition) is 3. The van der Waals surface area contributed by atoms with Crippen LogP contribution in [0.5, 0.6) is 0 Å². The van der Waals surface area contributed by atoms with Crippen LogP contribution in [0.4, 0.5) is 0 Å². The van der Waals surface area contributed by atoms with E-state index in [0.717, 1.165) is 25.1 Å². The Morgan fingerprint density at radius 3 is 2.95 bits per heavy atom. The number of guanidine groups is 1. The Balaban J connectivity index is 2.32. The lowest BCUT2D eigenvalue weighted by atomic mass is 10.2. The summed E-state index contributed by atoms with van der Waals surface area (Å²) in [6, 6.07) is 5.76. The highest BCUT2D eigenvalue weighted by Crippen LogP contribution is 1.97. The van der Waals surface area contributed by atoms with Gasteiger partial charge in [-0.1, -0.05) is 13.0 Å².